The van der Waals surface area contributed by atoms with Crippen molar-refractivity contribution in [2.24, 2.45) is 0 Å². The molecule has 1 aromatic rings. The van der Waals surface area contributed by atoms with Crippen molar-refractivity contribution in [1.29, 1.82) is 0 Å². The fourth-order valence-electron chi connectivity index (χ4n) is 2.34. The SMILES string of the molecule is CC(C)(C)OC(=O)N1CCN(Cc2cc(Cl)ccc2O)CC1.O=C(O)C(F)(F)F. The first-order chi connectivity index (χ1) is 13.2. The fourth-order valence-corrected chi connectivity index (χ4v) is 2.53. The van der Waals surface area contributed by atoms with Gasteiger partial charge in [-0.05, 0) is 39.0 Å². The van der Waals surface area contributed by atoms with Crippen molar-refractivity contribution in [3.8, 4) is 5.75 Å². The van der Waals surface area contributed by atoms with E-state index in [0.29, 0.717) is 24.7 Å². The number of alkyl halides is 3. The Kier molecular flexibility index (Phi) is 8.58. The van der Waals surface area contributed by atoms with Gasteiger partial charge in [0.2, 0.25) is 0 Å². The van der Waals surface area contributed by atoms with Gasteiger partial charge in [0.05, 0.1) is 0 Å². The maximum atomic E-state index is 12.0. The quantitative estimate of drug-likeness (QED) is 0.728. The van der Waals surface area contributed by atoms with Crippen molar-refractivity contribution in [2.75, 3.05) is 26.2 Å². The van der Waals surface area contributed by atoms with E-state index in [4.69, 9.17) is 26.2 Å². The minimum Gasteiger partial charge on any atom is -0.508 e. The zero-order valence-electron chi connectivity index (χ0n) is 16.3. The number of hydrogen-bond donors (Lipinski definition) is 2. The summed E-state index contributed by atoms with van der Waals surface area (Å²) in [5.41, 5.74) is 0.332. The van der Waals surface area contributed by atoms with Gasteiger partial charge in [-0.2, -0.15) is 13.2 Å². The number of phenolic OH excluding ortho intramolecular Hbond substituents is 1. The molecule has 1 aromatic carbocycles. The van der Waals surface area contributed by atoms with Crippen molar-refractivity contribution < 1.29 is 37.7 Å². The maximum absolute atomic E-state index is 12.0. The van der Waals surface area contributed by atoms with Gasteiger partial charge in [-0.3, -0.25) is 4.90 Å². The third kappa shape index (κ3) is 9.23. The standard InChI is InChI=1S/C16H23ClN2O3.C2HF3O2/c1-16(2,3)22-15(21)19-8-6-18(7-9-19)11-12-10-13(17)4-5-14(12)20;3-2(4,5)1(6)7/h4-5,10,20H,6-9,11H2,1-3H3;(H,6,7). The van der Waals surface area contributed by atoms with E-state index in [2.05, 4.69) is 4.90 Å². The van der Waals surface area contributed by atoms with Gasteiger partial charge in [0.15, 0.2) is 0 Å². The van der Waals surface area contributed by atoms with Crippen molar-refractivity contribution in [3.05, 3.63) is 28.8 Å². The number of carbonyl (C=O) groups is 2. The Morgan fingerprint density at radius 3 is 2.10 bits per heavy atom. The molecular formula is C18H24ClF3N2O5. The number of carbonyl (C=O) groups excluding carboxylic acids is 1. The number of nitrogens with zero attached hydrogens (tertiary/aromatic N) is 2. The van der Waals surface area contributed by atoms with E-state index in [0.717, 1.165) is 18.7 Å². The van der Waals surface area contributed by atoms with Crippen LogP contribution in [0.25, 0.3) is 0 Å². The number of piperazine rings is 1. The Morgan fingerprint density at radius 2 is 1.66 bits per heavy atom. The summed E-state index contributed by atoms with van der Waals surface area (Å²) in [4.78, 5) is 24.8. The summed E-state index contributed by atoms with van der Waals surface area (Å²) < 4.78 is 37.1. The van der Waals surface area contributed by atoms with Gasteiger partial charge in [-0.25, -0.2) is 9.59 Å². The Morgan fingerprint density at radius 1 is 1.14 bits per heavy atom. The summed E-state index contributed by atoms with van der Waals surface area (Å²) in [5, 5.41) is 17.6. The van der Waals surface area contributed by atoms with Crippen molar-refractivity contribution in [1.82, 2.24) is 9.80 Å². The molecule has 0 aromatic heterocycles. The number of amides is 1. The lowest BCUT2D eigenvalue weighted by Gasteiger charge is -2.35. The summed E-state index contributed by atoms with van der Waals surface area (Å²) in [7, 11) is 0. The Hall–Kier alpha value is -2.20. The van der Waals surface area contributed by atoms with Crippen LogP contribution in [0.1, 0.15) is 26.3 Å². The van der Waals surface area contributed by atoms with Gasteiger partial charge >= 0.3 is 18.2 Å². The molecule has 1 fully saturated rings. The molecule has 2 rings (SSSR count). The fraction of sp³-hybridized carbons (Fsp3) is 0.556. The van der Waals surface area contributed by atoms with Gasteiger partial charge < -0.3 is 19.8 Å². The van der Waals surface area contributed by atoms with Crippen LogP contribution in [-0.4, -0.2) is 70.0 Å². The predicted octanol–water partition coefficient (Wildman–Crippen LogP) is 3.73. The molecule has 0 radical (unpaired) electrons. The molecule has 164 valence electrons. The number of halogens is 4. The smallest absolute Gasteiger partial charge is 0.490 e. The molecule has 0 atom stereocenters. The summed E-state index contributed by atoms with van der Waals surface area (Å²) in [6.07, 6.45) is -5.35. The molecule has 0 spiro atoms. The molecule has 0 saturated carbocycles. The van der Waals surface area contributed by atoms with E-state index in [9.17, 15) is 23.1 Å². The zero-order valence-corrected chi connectivity index (χ0v) is 17.0. The monoisotopic (exact) mass is 440 g/mol. The summed E-state index contributed by atoms with van der Waals surface area (Å²) in [5.74, 6) is -2.51. The second-order valence-corrected chi connectivity index (χ2v) is 7.76. The van der Waals surface area contributed by atoms with Crippen LogP contribution in [0.2, 0.25) is 5.02 Å². The number of carboxylic acids is 1. The summed E-state index contributed by atoms with van der Waals surface area (Å²) in [6, 6.07) is 5.05. The molecule has 1 aliphatic rings. The number of phenols is 1. The minimum absolute atomic E-state index is 0.249. The topological polar surface area (TPSA) is 90.3 Å². The first kappa shape index (κ1) is 24.8. The Balaban J connectivity index is 0.000000516. The van der Waals surface area contributed by atoms with Gasteiger partial charge in [-0.1, -0.05) is 11.6 Å². The Bertz CT molecular complexity index is 714. The second kappa shape index (κ2) is 10.0. The summed E-state index contributed by atoms with van der Waals surface area (Å²) >= 11 is 5.96. The van der Waals surface area contributed by atoms with Crippen LogP contribution in [0.15, 0.2) is 18.2 Å². The van der Waals surface area contributed by atoms with E-state index >= 15 is 0 Å². The minimum atomic E-state index is -5.08. The number of benzene rings is 1. The average molecular weight is 441 g/mol. The van der Waals surface area contributed by atoms with Crippen molar-refractivity contribution in [2.45, 2.75) is 39.1 Å². The molecule has 29 heavy (non-hydrogen) atoms. The molecule has 0 unspecified atom stereocenters. The molecule has 7 nitrogen and oxygen atoms in total. The number of aromatic hydroxyl groups is 1. The van der Waals surface area contributed by atoms with Gasteiger partial charge in [-0.15, -0.1) is 0 Å². The molecule has 1 amide bonds. The van der Waals surface area contributed by atoms with Crippen molar-refractivity contribution >= 4 is 23.7 Å². The van der Waals surface area contributed by atoms with E-state index in [1.54, 1.807) is 23.1 Å². The first-order valence-corrected chi connectivity index (χ1v) is 9.04. The lowest BCUT2D eigenvalue weighted by molar-refractivity contribution is -0.192. The third-order valence-electron chi connectivity index (χ3n) is 3.70. The van der Waals surface area contributed by atoms with Crippen LogP contribution < -0.4 is 0 Å². The molecule has 2 N–H and O–H groups in total. The molecule has 1 saturated heterocycles. The van der Waals surface area contributed by atoms with Crippen molar-refractivity contribution in [3.63, 3.8) is 0 Å². The zero-order chi connectivity index (χ0) is 22.4. The van der Waals surface area contributed by atoms with E-state index < -0.39 is 17.7 Å². The van der Waals surface area contributed by atoms with Crippen LogP contribution in [0.5, 0.6) is 5.75 Å². The predicted molar refractivity (Wildman–Crippen MR) is 99.9 cm³/mol. The highest BCUT2D eigenvalue weighted by molar-refractivity contribution is 6.30. The molecule has 0 aliphatic carbocycles. The van der Waals surface area contributed by atoms with Gasteiger partial charge in [0.25, 0.3) is 0 Å². The highest BCUT2D eigenvalue weighted by Gasteiger charge is 2.38. The largest absolute Gasteiger partial charge is 0.508 e. The van der Waals surface area contributed by atoms with Gasteiger partial charge in [0.1, 0.15) is 11.4 Å². The lowest BCUT2D eigenvalue weighted by atomic mass is 10.1. The number of aliphatic carboxylic acids is 1. The number of hydrogen-bond acceptors (Lipinski definition) is 5. The van der Waals surface area contributed by atoms with Crippen LogP contribution in [0, 0.1) is 0 Å². The number of rotatable bonds is 2. The number of ether oxygens (including phenoxy) is 1. The van der Waals surface area contributed by atoms with E-state index in [-0.39, 0.29) is 11.8 Å². The molecule has 1 heterocycles. The van der Waals surface area contributed by atoms with Crippen LogP contribution >= 0.6 is 11.6 Å². The normalized spacial score (nSPS) is 15.3. The average Bonchev–Trinajstić information content (AvgIpc) is 2.57. The number of carboxylic acid groups (broad SMARTS) is 1. The van der Waals surface area contributed by atoms with E-state index in [1.165, 1.54) is 0 Å². The Labute approximate surface area is 171 Å². The highest BCUT2D eigenvalue weighted by Crippen LogP contribution is 2.23. The molecular weight excluding hydrogens is 417 g/mol. The molecule has 0 bridgehead atoms. The lowest BCUT2D eigenvalue weighted by Crippen LogP contribution is -2.49. The summed E-state index contributed by atoms with van der Waals surface area (Å²) in [6.45, 7) is 8.94. The van der Waals surface area contributed by atoms with Gasteiger partial charge in [0, 0.05) is 43.3 Å². The van der Waals surface area contributed by atoms with Crippen LogP contribution in [-0.2, 0) is 16.1 Å². The first-order valence-electron chi connectivity index (χ1n) is 8.67. The molecule has 1 aliphatic heterocycles. The highest BCUT2D eigenvalue weighted by atomic mass is 35.5. The van der Waals surface area contributed by atoms with Crippen LogP contribution in [0.3, 0.4) is 0 Å². The van der Waals surface area contributed by atoms with E-state index in [1.807, 2.05) is 20.8 Å². The maximum Gasteiger partial charge on any atom is 0.490 e. The second-order valence-electron chi connectivity index (χ2n) is 7.32. The van der Waals surface area contributed by atoms with Crippen LogP contribution in [0.4, 0.5) is 18.0 Å². The molecule has 11 heteroatoms. The third-order valence-corrected chi connectivity index (χ3v) is 3.94.